The lowest BCUT2D eigenvalue weighted by atomic mass is 9.96. The number of aromatic hydroxyl groups is 1. The van der Waals surface area contributed by atoms with Gasteiger partial charge in [-0.15, -0.1) is 0 Å². The van der Waals surface area contributed by atoms with Gasteiger partial charge in [0.25, 0.3) is 5.56 Å². The molecular formula is C23H17BrCl2N2O4S. The number of nitrogens with zero attached hydrogens (tertiary/aromatic N) is 2. The van der Waals surface area contributed by atoms with E-state index in [-0.39, 0.29) is 28.5 Å². The minimum atomic E-state index is -0.737. The van der Waals surface area contributed by atoms with Gasteiger partial charge in [0.05, 0.1) is 33.5 Å². The van der Waals surface area contributed by atoms with E-state index in [9.17, 15) is 14.7 Å². The largest absolute Gasteiger partial charge is 0.506 e. The number of esters is 1. The monoisotopic (exact) mass is 566 g/mol. The minimum Gasteiger partial charge on any atom is -0.506 e. The molecule has 0 spiro atoms. The fourth-order valence-corrected chi connectivity index (χ4v) is 5.59. The topological polar surface area (TPSA) is 80.9 Å². The maximum Gasteiger partial charge on any atom is 0.338 e. The second kappa shape index (κ2) is 9.46. The highest BCUT2D eigenvalue weighted by atomic mass is 79.9. The maximum absolute atomic E-state index is 13.5. The molecule has 0 unspecified atom stereocenters. The molecule has 2 aromatic carbocycles. The zero-order valence-electron chi connectivity index (χ0n) is 17.4. The molecule has 1 aliphatic rings. The molecule has 1 aromatic heterocycles. The number of thiazole rings is 1. The lowest BCUT2D eigenvalue weighted by molar-refractivity contribution is -0.139. The van der Waals surface area contributed by atoms with Gasteiger partial charge in [-0.05, 0) is 49.8 Å². The summed E-state index contributed by atoms with van der Waals surface area (Å²) in [6.45, 7) is 3.62. The van der Waals surface area contributed by atoms with Crippen molar-refractivity contribution in [2.24, 2.45) is 4.99 Å². The number of hydrogen-bond donors (Lipinski definition) is 1. The second-order valence-electron chi connectivity index (χ2n) is 7.18. The standard InChI is InChI=1S/C23H17BrCl2N2O4S/c1-3-32-22(31)18-11(2)27-23-28(19(18)12-4-6-15(25)7-5-12)21(30)17(33-23)9-13-8-14(24)10-16(26)20(13)29/h4-10,19,29H,3H2,1-2H3/b17-9-/t19-/m1/s1. The number of ether oxygens (including phenoxy) is 1. The molecule has 0 amide bonds. The molecule has 1 N–H and O–H groups in total. The third kappa shape index (κ3) is 4.53. The highest BCUT2D eigenvalue weighted by Gasteiger charge is 2.33. The normalized spacial score (nSPS) is 15.9. The first-order chi connectivity index (χ1) is 15.7. The Bertz CT molecular complexity index is 1480. The summed E-state index contributed by atoms with van der Waals surface area (Å²) in [6, 6.07) is 9.42. The Balaban J connectivity index is 1.98. The number of hydrogen-bond acceptors (Lipinski definition) is 6. The summed E-state index contributed by atoms with van der Waals surface area (Å²) in [7, 11) is 0. The molecule has 0 fully saturated rings. The quantitative estimate of drug-likeness (QED) is 0.468. The van der Waals surface area contributed by atoms with Crippen LogP contribution in [0.15, 0.2) is 61.9 Å². The lowest BCUT2D eigenvalue weighted by Gasteiger charge is -2.24. The lowest BCUT2D eigenvalue weighted by Crippen LogP contribution is -2.39. The number of phenols is 1. The van der Waals surface area contributed by atoms with E-state index in [0.717, 1.165) is 11.3 Å². The van der Waals surface area contributed by atoms with Crippen molar-refractivity contribution in [3.05, 3.63) is 93.0 Å². The van der Waals surface area contributed by atoms with Crippen molar-refractivity contribution in [3.8, 4) is 5.75 Å². The first-order valence-corrected chi connectivity index (χ1v) is 12.2. The predicted molar refractivity (Wildman–Crippen MR) is 133 cm³/mol. The molecule has 0 saturated heterocycles. The fraction of sp³-hybridized carbons (Fsp3) is 0.174. The van der Waals surface area contributed by atoms with E-state index < -0.39 is 12.0 Å². The van der Waals surface area contributed by atoms with Crippen molar-refractivity contribution >= 4 is 62.5 Å². The third-order valence-corrected chi connectivity index (χ3v) is 7.03. The highest BCUT2D eigenvalue weighted by molar-refractivity contribution is 9.10. The Morgan fingerprint density at radius 2 is 2.00 bits per heavy atom. The highest BCUT2D eigenvalue weighted by Crippen LogP contribution is 2.33. The number of allylic oxidation sites excluding steroid dienone is 1. The van der Waals surface area contributed by atoms with Gasteiger partial charge in [0.15, 0.2) is 4.80 Å². The van der Waals surface area contributed by atoms with Crippen molar-refractivity contribution in [3.63, 3.8) is 0 Å². The van der Waals surface area contributed by atoms with Gasteiger partial charge in [-0.2, -0.15) is 0 Å². The van der Waals surface area contributed by atoms with E-state index in [1.807, 2.05) is 0 Å². The third-order valence-electron chi connectivity index (χ3n) is 5.05. The summed E-state index contributed by atoms with van der Waals surface area (Å²) in [5.74, 6) is -0.673. The molecule has 0 bridgehead atoms. The van der Waals surface area contributed by atoms with E-state index in [4.69, 9.17) is 27.9 Å². The molecule has 2 heterocycles. The second-order valence-corrected chi connectivity index (χ2v) is 9.95. The van der Waals surface area contributed by atoms with E-state index in [1.165, 1.54) is 4.57 Å². The Labute approximate surface area is 211 Å². The van der Waals surface area contributed by atoms with E-state index in [1.54, 1.807) is 56.3 Å². The van der Waals surface area contributed by atoms with Gasteiger partial charge in [0.2, 0.25) is 0 Å². The molecule has 10 heteroatoms. The Morgan fingerprint density at radius 1 is 1.30 bits per heavy atom. The SMILES string of the molecule is CCOC(=O)C1=C(C)N=c2s/c(=C\c3cc(Br)cc(Cl)c3O)c(=O)n2[C@@H]1c1ccc(Cl)cc1. The summed E-state index contributed by atoms with van der Waals surface area (Å²) >= 11 is 16.6. The van der Waals surface area contributed by atoms with Crippen LogP contribution in [-0.4, -0.2) is 22.2 Å². The van der Waals surface area contributed by atoms with Crippen LogP contribution in [0.3, 0.4) is 0 Å². The molecule has 170 valence electrons. The van der Waals surface area contributed by atoms with Crippen molar-refractivity contribution < 1.29 is 14.6 Å². The van der Waals surface area contributed by atoms with Crippen LogP contribution in [0.25, 0.3) is 6.08 Å². The van der Waals surface area contributed by atoms with Crippen molar-refractivity contribution in [2.45, 2.75) is 19.9 Å². The van der Waals surface area contributed by atoms with Gasteiger partial charge in [-0.3, -0.25) is 9.36 Å². The first kappa shape index (κ1) is 23.8. The number of aromatic nitrogens is 1. The van der Waals surface area contributed by atoms with E-state index in [0.29, 0.717) is 35.7 Å². The summed E-state index contributed by atoms with van der Waals surface area (Å²) in [4.78, 5) is 31.3. The number of carbonyl (C=O) groups excluding carboxylic acids is 1. The first-order valence-electron chi connectivity index (χ1n) is 9.84. The van der Waals surface area contributed by atoms with E-state index in [2.05, 4.69) is 20.9 Å². The van der Waals surface area contributed by atoms with Crippen LogP contribution in [0.4, 0.5) is 0 Å². The van der Waals surface area contributed by atoms with Gasteiger partial charge in [0, 0.05) is 15.1 Å². The molecule has 1 atom stereocenters. The summed E-state index contributed by atoms with van der Waals surface area (Å²) in [5, 5.41) is 11.0. The summed E-state index contributed by atoms with van der Waals surface area (Å²) in [5.41, 5.74) is 1.46. The molecule has 1 aliphatic heterocycles. The van der Waals surface area contributed by atoms with Crippen molar-refractivity contribution in [2.75, 3.05) is 6.61 Å². The number of halogens is 3. The van der Waals surface area contributed by atoms with Crippen molar-refractivity contribution in [1.29, 1.82) is 0 Å². The number of carbonyl (C=O) groups is 1. The number of fused-ring (bicyclic) bond motifs is 1. The van der Waals surface area contributed by atoms with Gasteiger partial charge >= 0.3 is 5.97 Å². The fourth-order valence-electron chi connectivity index (χ4n) is 3.59. The molecule has 0 aliphatic carbocycles. The molecule has 0 radical (unpaired) electrons. The zero-order valence-corrected chi connectivity index (χ0v) is 21.3. The predicted octanol–water partition coefficient (Wildman–Crippen LogP) is 4.57. The molecule has 0 saturated carbocycles. The van der Waals surface area contributed by atoms with Crippen LogP contribution in [0.5, 0.6) is 5.75 Å². The van der Waals surface area contributed by atoms with Gasteiger partial charge in [-0.25, -0.2) is 9.79 Å². The van der Waals surface area contributed by atoms with Crippen molar-refractivity contribution in [1.82, 2.24) is 4.57 Å². The van der Waals surface area contributed by atoms with Gasteiger partial charge in [0.1, 0.15) is 5.75 Å². The molecule has 33 heavy (non-hydrogen) atoms. The molecular weight excluding hydrogens is 551 g/mol. The van der Waals surface area contributed by atoms with Crippen LogP contribution in [-0.2, 0) is 9.53 Å². The van der Waals surface area contributed by atoms with Crippen LogP contribution in [0.2, 0.25) is 10.0 Å². The summed E-state index contributed by atoms with van der Waals surface area (Å²) < 4.78 is 7.72. The number of phenolic OH excluding ortho intramolecular Hbond substituents is 1. The maximum atomic E-state index is 13.5. The van der Waals surface area contributed by atoms with E-state index >= 15 is 0 Å². The Hall–Kier alpha value is -2.39. The van der Waals surface area contributed by atoms with Crippen LogP contribution >= 0.6 is 50.5 Å². The van der Waals surface area contributed by atoms with Gasteiger partial charge in [-0.1, -0.05) is 62.6 Å². The van der Waals surface area contributed by atoms with Gasteiger partial charge < -0.3 is 9.84 Å². The molecule has 6 nitrogen and oxygen atoms in total. The smallest absolute Gasteiger partial charge is 0.338 e. The number of benzene rings is 2. The number of rotatable bonds is 4. The van der Waals surface area contributed by atoms with Crippen LogP contribution in [0.1, 0.15) is 31.0 Å². The Kier molecular flexibility index (Phi) is 6.81. The average molecular weight is 568 g/mol. The molecule has 3 aromatic rings. The summed E-state index contributed by atoms with van der Waals surface area (Å²) in [6.07, 6.45) is 1.55. The zero-order chi connectivity index (χ0) is 23.9. The minimum absolute atomic E-state index is 0.136. The molecule has 4 rings (SSSR count). The average Bonchev–Trinajstić information content (AvgIpc) is 3.06. The Morgan fingerprint density at radius 3 is 2.67 bits per heavy atom. The van der Waals surface area contributed by atoms with Crippen LogP contribution < -0.4 is 14.9 Å². The van der Waals surface area contributed by atoms with Crippen LogP contribution in [0, 0.1) is 0 Å².